The van der Waals surface area contributed by atoms with E-state index >= 15 is 0 Å². The van der Waals surface area contributed by atoms with E-state index in [-0.39, 0.29) is 18.3 Å². The van der Waals surface area contributed by atoms with Gasteiger partial charge < -0.3 is 9.55 Å². The number of rotatable bonds is 5. The molecule has 188 valence electrons. The predicted molar refractivity (Wildman–Crippen MR) is 154 cm³/mol. The molecule has 36 heavy (non-hydrogen) atoms. The maximum absolute atomic E-state index is 13.2. The molecule has 0 saturated carbocycles. The van der Waals surface area contributed by atoms with Crippen molar-refractivity contribution < 1.29 is 9.45 Å². The summed E-state index contributed by atoms with van der Waals surface area (Å²) in [4.78, 5) is 15.5. The summed E-state index contributed by atoms with van der Waals surface area (Å²) in [5.41, 5.74) is 7.40. The summed E-state index contributed by atoms with van der Waals surface area (Å²) < 4.78 is 6.27. The van der Waals surface area contributed by atoms with Crippen molar-refractivity contribution in [2.45, 2.75) is 78.1 Å². The monoisotopic (exact) mass is 481 g/mol. The number of ketones is 1. The van der Waals surface area contributed by atoms with E-state index in [0.29, 0.717) is 12.2 Å². The Balaban J connectivity index is 0.00000148. The molecule has 3 nitrogen and oxygen atoms in total. The van der Waals surface area contributed by atoms with Crippen LogP contribution in [-0.2, 0) is 10.1 Å². The van der Waals surface area contributed by atoms with Crippen LogP contribution in [0.15, 0.2) is 66.7 Å². The van der Waals surface area contributed by atoms with Gasteiger partial charge in [0.05, 0.1) is 0 Å². The van der Waals surface area contributed by atoms with E-state index in [2.05, 4.69) is 101 Å². The molecule has 0 spiro atoms. The highest BCUT2D eigenvalue weighted by molar-refractivity contribution is 6.71. The van der Waals surface area contributed by atoms with Gasteiger partial charge in [-0.25, -0.2) is 0 Å². The Morgan fingerprint density at radius 3 is 2.17 bits per heavy atom. The fourth-order valence-electron chi connectivity index (χ4n) is 5.89. The van der Waals surface area contributed by atoms with E-state index in [4.69, 9.17) is 4.65 Å². The molecule has 2 atom stereocenters. The molecule has 2 aliphatic rings. The number of Topliss-reactive ketones (excluding diaryl/α,β-unsaturated/α-hetero) is 1. The van der Waals surface area contributed by atoms with Crippen LogP contribution in [0.5, 0.6) is 0 Å². The zero-order valence-corrected chi connectivity index (χ0v) is 23.2. The van der Waals surface area contributed by atoms with Crippen molar-refractivity contribution >= 4 is 29.5 Å². The van der Waals surface area contributed by atoms with Gasteiger partial charge in [-0.2, -0.15) is 0 Å². The number of hydrogen-bond acceptors (Lipinski definition) is 3. The highest BCUT2D eigenvalue weighted by Gasteiger charge is 2.50. The molecule has 0 radical (unpaired) electrons. The zero-order valence-electron chi connectivity index (χ0n) is 23.2. The van der Waals surface area contributed by atoms with E-state index < -0.39 is 5.41 Å². The fourth-order valence-corrected chi connectivity index (χ4v) is 5.89. The quantitative estimate of drug-likeness (QED) is 0.279. The second-order valence-corrected chi connectivity index (χ2v) is 10.6. The molecule has 1 fully saturated rings. The molecule has 3 aromatic carbocycles. The van der Waals surface area contributed by atoms with Crippen LogP contribution in [0.4, 0.5) is 11.4 Å². The smallest absolute Gasteiger partial charge is 0.332 e. The third kappa shape index (κ3) is 4.00. The number of fused-ring (bicyclic) bond motifs is 2. The summed E-state index contributed by atoms with van der Waals surface area (Å²) in [6.45, 7) is 15.0. The highest BCUT2D eigenvalue weighted by Crippen LogP contribution is 2.52. The number of benzene rings is 3. The number of carbonyl (C=O) groups excluding carboxylic acids is 1. The molecule has 3 aromatic rings. The molecule has 0 amide bonds. The lowest BCUT2D eigenvalue weighted by atomic mass is 9.41. The Hall–Kier alpha value is -2.85. The SMILES string of the molecule is CC.CCCC(=O)c1ccccc1C1(C)c2ccccc2N(C)c2cc(B3OC(C)(C)C3C)ccc21. The van der Waals surface area contributed by atoms with Crippen molar-refractivity contribution in [3.05, 3.63) is 89.0 Å². The Labute approximate surface area is 218 Å². The molecular formula is C32H40BNO2. The predicted octanol–water partition coefficient (Wildman–Crippen LogP) is 7.53. The minimum atomic E-state index is -0.442. The molecule has 5 rings (SSSR count). The van der Waals surface area contributed by atoms with Gasteiger partial charge in [0.2, 0.25) is 0 Å². The third-order valence-corrected chi connectivity index (χ3v) is 8.28. The summed E-state index contributed by atoms with van der Waals surface area (Å²) in [5, 5.41) is 0. The van der Waals surface area contributed by atoms with E-state index in [9.17, 15) is 4.79 Å². The first kappa shape index (κ1) is 26.2. The first-order chi connectivity index (χ1) is 17.2. The first-order valence-electron chi connectivity index (χ1n) is 13.5. The van der Waals surface area contributed by atoms with Gasteiger partial charge in [0.1, 0.15) is 0 Å². The molecule has 2 aliphatic heterocycles. The second-order valence-electron chi connectivity index (χ2n) is 10.6. The maximum atomic E-state index is 13.2. The van der Waals surface area contributed by atoms with Crippen LogP contribution in [0.2, 0.25) is 5.82 Å². The largest absolute Gasteiger partial charge is 0.426 e. The normalized spacial score (nSPS) is 21.5. The fraction of sp³-hybridized carbons (Fsp3) is 0.406. The highest BCUT2D eigenvalue weighted by atomic mass is 16.5. The van der Waals surface area contributed by atoms with E-state index in [0.717, 1.165) is 17.5 Å². The molecule has 4 heteroatoms. The summed E-state index contributed by atoms with van der Waals surface area (Å²) in [5.74, 6) is 0.665. The van der Waals surface area contributed by atoms with Gasteiger partial charge in [0.25, 0.3) is 0 Å². The molecule has 0 bridgehead atoms. The van der Waals surface area contributed by atoms with Crippen LogP contribution < -0.4 is 10.4 Å². The zero-order chi connectivity index (χ0) is 26.3. The average Bonchev–Trinajstić information content (AvgIpc) is 2.91. The van der Waals surface area contributed by atoms with Crippen LogP contribution in [0.3, 0.4) is 0 Å². The summed E-state index contributed by atoms with van der Waals surface area (Å²) in [7, 11) is 2.14. The Bertz CT molecular complexity index is 1270. The van der Waals surface area contributed by atoms with E-state index in [1.807, 2.05) is 26.0 Å². The third-order valence-electron chi connectivity index (χ3n) is 8.28. The number of anilines is 2. The van der Waals surface area contributed by atoms with Gasteiger partial charge in [0.15, 0.2) is 5.78 Å². The molecular weight excluding hydrogens is 441 g/mol. The molecule has 0 aromatic heterocycles. The van der Waals surface area contributed by atoms with Crippen LogP contribution in [0.25, 0.3) is 0 Å². The number of para-hydroxylation sites is 1. The topological polar surface area (TPSA) is 29.5 Å². The number of nitrogens with zero attached hydrogens (tertiary/aromatic N) is 1. The van der Waals surface area contributed by atoms with Crippen molar-refractivity contribution in [3.63, 3.8) is 0 Å². The molecule has 2 heterocycles. The van der Waals surface area contributed by atoms with Crippen molar-refractivity contribution in [1.82, 2.24) is 0 Å². The van der Waals surface area contributed by atoms with Gasteiger partial charge >= 0.3 is 6.92 Å². The van der Waals surface area contributed by atoms with Crippen LogP contribution >= 0.6 is 0 Å². The molecule has 0 aliphatic carbocycles. The van der Waals surface area contributed by atoms with Crippen LogP contribution in [-0.4, -0.2) is 25.3 Å². The van der Waals surface area contributed by atoms with Crippen molar-refractivity contribution in [1.29, 1.82) is 0 Å². The molecule has 1 saturated heterocycles. The maximum Gasteiger partial charge on any atom is 0.332 e. The van der Waals surface area contributed by atoms with Crippen LogP contribution in [0, 0.1) is 0 Å². The molecule has 2 unspecified atom stereocenters. The Morgan fingerprint density at radius 2 is 1.53 bits per heavy atom. The van der Waals surface area contributed by atoms with E-state index in [1.54, 1.807) is 0 Å². The minimum absolute atomic E-state index is 0.0911. The average molecular weight is 481 g/mol. The molecule has 0 N–H and O–H groups in total. The summed E-state index contributed by atoms with van der Waals surface area (Å²) in [6.07, 6.45) is 1.41. The Kier molecular flexibility index (Phi) is 7.21. The summed E-state index contributed by atoms with van der Waals surface area (Å²) in [6, 6.07) is 23.6. The van der Waals surface area contributed by atoms with Crippen molar-refractivity contribution in [2.75, 3.05) is 11.9 Å². The summed E-state index contributed by atoms with van der Waals surface area (Å²) >= 11 is 0. The number of hydrogen-bond donors (Lipinski definition) is 0. The lowest BCUT2D eigenvalue weighted by Gasteiger charge is -2.49. The lowest BCUT2D eigenvalue weighted by molar-refractivity contribution is 0.0384. The van der Waals surface area contributed by atoms with Crippen LogP contribution in [0.1, 0.15) is 88.4 Å². The Morgan fingerprint density at radius 1 is 0.917 bits per heavy atom. The standard InChI is InChI=1S/C30H34BNO2.C2H6/c1-7-12-28(33)22-13-8-9-14-23(22)30(5)24-15-10-11-16-26(24)32(6)27-19-21(17-18-25(27)30)31-20(2)29(3,4)34-31;1-2/h8-11,13-20H,7,12H2,1-6H3;1-2H3. The number of carbonyl (C=O) groups is 1. The van der Waals surface area contributed by atoms with Crippen molar-refractivity contribution in [2.24, 2.45) is 0 Å². The van der Waals surface area contributed by atoms with Gasteiger partial charge in [0, 0.05) is 41.4 Å². The second kappa shape index (κ2) is 9.90. The van der Waals surface area contributed by atoms with E-state index in [1.165, 1.54) is 28.0 Å². The van der Waals surface area contributed by atoms with Crippen molar-refractivity contribution in [3.8, 4) is 0 Å². The lowest BCUT2D eigenvalue weighted by Crippen LogP contribution is -2.60. The van der Waals surface area contributed by atoms with Gasteiger partial charge in [-0.1, -0.05) is 82.3 Å². The first-order valence-corrected chi connectivity index (χ1v) is 13.5. The van der Waals surface area contributed by atoms with Gasteiger partial charge in [-0.3, -0.25) is 4.79 Å². The van der Waals surface area contributed by atoms with Gasteiger partial charge in [-0.15, -0.1) is 0 Å². The van der Waals surface area contributed by atoms with Gasteiger partial charge in [-0.05, 0) is 67.3 Å². The minimum Gasteiger partial charge on any atom is -0.426 e.